The summed E-state index contributed by atoms with van der Waals surface area (Å²) in [5.41, 5.74) is 2.08. The van der Waals surface area contributed by atoms with E-state index in [1.165, 1.54) is 5.56 Å². The van der Waals surface area contributed by atoms with Gasteiger partial charge in [-0.05, 0) is 31.9 Å². The van der Waals surface area contributed by atoms with Crippen LogP contribution >= 0.6 is 0 Å². The van der Waals surface area contributed by atoms with Crippen LogP contribution in [0, 0.1) is 13.8 Å². The van der Waals surface area contributed by atoms with Crippen LogP contribution in [0.25, 0.3) is 0 Å². The molecule has 4 heteroatoms. The van der Waals surface area contributed by atoms with Crippen molar-refractivity contribution >= 4 is 5.82 Å². The highest BCUT2D eigenvalue weighted by Crippen LogP contribution is 2.16. The molecule has 100 valence electrons. The number of hydrogen-bond donors (Lipinski definition) is 1. The predicted octanol–water partition coefficient (Wildman–Crippen LogP) is 2.97. The molecule has 2 rings (SSSR count). The summed E-state index contributed by atoms with van der Waals surface area (Å²) in [4.78, 5) is 8.41. The molecule has 2 aromatic rings. The summed E-state index contributed by atoms with van der Waals surface area (Å²) in [6.45, 7) is 5.50. The molecule has 0 spiro atoms. The van der Waals surface area contributed by atoms with Crippen molar-refractivity contribution in [2.75, 3.05) is 18.5 Å². The molecule has 1 aromatic carbocycles. The smallest absolute Gasteiger partial charge is 0.144 e. The van der Waals surface area contributed by atoms with Gasteiger partial charge in [0.1, 0.15) is 11.6 Å². The first-order valence-corrected chi connectivity index (χ1v) is 6.46. The van der Waals surface area contributed by atoms with Gasteiger partial charge >= 0.3 is 0 Å². The molecule has 1 aromatic heterocycles. The number of hydrogen-bond acceptors (Lipinski definition) is 4. The first kappa shape index (κ1) is 13.3. The Kier molecular flexibility index (Phi) is 4.72. The van der Waals surface area contributed by atoms with Gasteiger partial charge in [0.25, 0.3) is 0 Å². The van der Waals surface area contributed by atoms with Crippen molar-refractivity contribution < 1.29 is 4.74 Å². The molecule has 0 aliphatic rings. The maximum Gasteiger partial charge on any atom is 0.144 e. The summed E-state index contributed by atoms with van der Waals surface area (Å²) in [6, 6.07) is 8.05. The molecule has 0 aliphatic carbocycles. The monoisotopic (exact) mass is 257 g/mol. The lowest BCUT2D eigenvalue weighted by Gasteiger charge is -2.09. The van der Waals surface area contributed by atoms with Crippen molar-refractivity contribution in [3.8, 4) is 5.75 Å². The Morgan fingerprint density at radius 2 is 2.00 bits per heavy atom. The lowest BCUT2D eigenvalue weighted by molar-refractivity contribution is 0.313. The Hall–Kier alpha value is -2.10. The minimum atomic E-state index is 0.692. The Morgan fingerprint density at radius 1 is 1.16 bits per heavy atom. The van der Waals surface area contributed by atoms with Crippen molar-refractivity contribution in [3.05, 3.63) is 47.9 Å². The normalized spacial score (nSPS) is 10.2. The van der Waals surface area contributed by atoms with Crippen LogP contribution in [0.1, 0.15) is 17.7 Å². The lowest BCUT2D eigenvalue weighted by atomic mass is 10.2. The lowest BCUT2D eigenvalue weighted by Crippen LogP contribution is -2.09. The van der Waals surface area contributed by atoms with Crippen molar-refractivity contribution in [2.24, 2.45) is 0 Å². The van der Waals surface area contributed by atoms with Crippen LogP contribution < -0.4 is 10.1 Å². The van der Waals surface area contributed by atoms with Crippen molar-refractivity contribution in [2.45, 2.75) is 20.3 Å². The van der Waals surface area contributed by atoms with Gasteiger partial charge in [-0.2, -0.15) is 0 Å². The van der Waals surface area contributed by atoms with E-state index in [4.69, 9.17) is 4.74 Å². The van der Waals surface area contributed by atoms with Gasteiger partial charge in [-0.3, -0.25) is 4.98 Å². The number of aromatic nitrogens is 2. The SMILES string of the molecule is Cc1cncc(NCCCOc2ccccc2C)n1. The number of nitrogens with one attached hydrogen (secondary N) is 1. The molecular weight excluding hydrogens is 238 g/mol. The highest BCUT2D eigenvalue weighted by molar-refractivity contribution is 5.32. The van der Waals surface area contributed by atoms with Crippen LogP contribution in [0.3, 0.4) is 0 Å². The molecule has 19 heavy (non-hydrogen) atoms. The summed E-state index contributed by atoms with van der Waals surface area (Å²) in [5.74, 6) is 1.77. The minimum Gasteiger partial charge on any atom is -0.493 e. The van der Waals surface area contributed by atoms with Crippen LogP contribution in [-0.4, -0.2) is 23.1 Å². The summed E-state index contributed by atoms with van der Waals surface area (Å²) in [6.07, 6.45) is 4.39. The third kappa shape index (κ3) is 4.25. The van der Waals surface area contributed by atoms with E-state index in [2.05, 4.69) is 28.3 Å². The van der Waals surface area contributed by atoms with E-state index in [0.29, 0.717) is 6.61 Å². The number of nitrogens with zero attached hydrogens (tertiary/aromatic N) is 2. The van der Waals surface area contributed by atoms with Crippen LogP contribution in [0.2, 0.25) is 0 Å². The average molecular weight is 257 g/mol. The van der Waals surface area contributed by atoms with Crippen molar-refractivity contribution in [1.29, 1.82) is 0 Å². The number of aryl methyl sites for hydroxylation is 2. The largest absolute Gasteiger partial charge is 0.493 e. The molecule has 0 unspecified atom stereocenters. The van der Waals surface area contributed by atoms with Crippen LogP contribution in [0.4, 0.5) is 5.82 Å². The first-order chi connectivity index (χ1) is 9.25. The van der Waals surface area contributed by atoms with E-state index >= 15 is 0 Å². The highest BCUT2D eigenvalue weighted by atomic mass is 16.5. The number of anilines is 1. The number of benzene rings is 1. The van der Waals surface area contributed by atoms with Gasteiger partial charge in [-0.25, -0.2) is 4.98 Å². The molecular formula is C15H19N3O. The fourth-order valence-corrected chi connectivity index (χ4v) is 1.74. The maximum atomic E-state index is 5.72. The van der Waals surface area contributed by atoms with Gasteiger partial charge in [0.2, 0.25) is 0 Å². The Balaban J connectivity index is 1.69. The van der Waals surface area contributed by atoms with E-state index < -0.39 is 0 Å². The van der Waals surface area contributed by atoms with Crippen molar-refractivity contribution in [3.63, 3.8) is 0 Å². The zero-order chi connectivity index (χ0) is 13.5. The molecule has 0 amide bonds. The second kappa shape index (κ2) is 6.73. The van der Waals surface area contributed by atoms with E-state index in [0.717, 1.165) is 30.2 Å². The molecule has 1 heterocycles. The molecule has 0 saturated carbocycles. The Morgan fingerprint density at radius 3 is 2.79 bits per heavy atom. The third-order valence-electron chi connectivity index (χ3n) is 2.73. The maximum absolute atomic E-state index is 5.72. The second-order valence-electron chi connectivity index (χ2n) is 4.44. The summed E-state index contributed by atoms with van der Waals surface area (Å²) >= 11 is 0. The zero-order valence-corrected chi connectivity index (χ0v) is 11.4. The topological polar surface area (TPSA) is 47.0 Å². The van der Waals surface area contributed by atoms with Gasteiger partial charge in [0, 0.05) is 12.7 Å². The van der Waals surface area contributed by atoms with Crippen molar-refractivity contribution in [1.82, 2.24) is 9.97 Å². The molecule has 4 nitrogen and oxygen atoms in total. The van der Waals surface area contributed by atoms with Crippen LogP contribution in [0.5, 0.6) is 5.75 Å². The Bertz CT molecular complexity index is 528. The summed E-state index contributed by atoms with van der Waals surface area (Å²) in [5, 5.41) is 3.23. The standard InChI is InChI=1S/C15H19N3O/c1-12-6-3-4-7-14(12)19-9-5-8-17-15-11-16-10-13(2)18-15/h3-4,6-7,10-11H,5,8-9H2,1-2H3,(H,17,18). The zero-order valence-electron chi connectivity index (χ0n) is 11.4. The van der Waals surface area contributed by atoms with Crippen LogP contribution in [0.15, 0.2) is 36.7 Å². The molecule has 0 aliphatic heterocycles. The molecule has 0 fully saturated rings. The van der Waals surface area contributed by atoms with Gasteiger partial charge in [-0.15, -0.1) is 0 Å². The van der Waals surface area contributed by atoms with Gasteiger partial charge in [-0.1, -0.05) is 18.2 Å². The fraction of sp³-hybridized carbons (Fsp3) is 0.333. The highest BCUT2D eigenvalue weighted by Gasteiger charge is 1.98. The first-order valence-electron chi connectivity index (χ1n) is 6.46. The fourth-order valence-electron chi connectivity index (χ4n) is 1.74. The molecule has 0 saturated heterocycles. The van der Waals surface area contributed by atoms with Gasteiger partial charge < -0.3 is 10.1 Å². The van der Waals surface area contributed by atoms with E-state index in [1.54, 1.807) is 12.4 Å². The van der Waals surface area contributed by atoms with E-state index in [9.17, 15) is 0 Å². The third-order valence-corrected chi connectivity index (χ3v) is 2.73. The molecule has 0 radical (unpaired) electrons. The predicted molar refractivity (Wildman–Crippen MR) is 76.5 cm³/mol. The van der Waals surface area contributed by atoms with E-state index in [-0.39, 0.29) is 0 Å². The number of ether oxygens (including phenoxy) is 1. The number of rotatable bonds is 6. The average Bonchev–Trinajstić information content (AvgIpc) is 2.40. The van der Waals surface area contributed by atoms with Crippen LogP contribution in [-0.2, 0) is 0 Å². The molecule has 0 atom stereocenters. The van der Waals surface area contributed by atoms with Gasteiger partial charge in [0.15, 0.2) is 0 Å². The van der Waals surface area contributed by atoms with E-state index in [1.807, 2.05) is 25.1 Å². The van der Waals surface area contributed by atoms with Gasteiger partial charge in [0.05, 0.1) is 18.5 Å². The Labute approximate surface area is 113 Å². The summed E-state index contributed by atoms with van der Waals surface area (Å²) in [7, 11) is 0. The second-order valence-corrected chi connectivity index (χ2v) is 4.44. The summed E-state index contributed by atoms with van der Waals surface area (Å²) < 4.78 is 5.72. The quantitative estimate of drug-likeness (QED) is 0.808. The molecule has 0 bridgehead atoms. The minimum absolute atomic E-state index is 0.692. The molecule has 1 N–H and O–H groups in total. The number of para-hydroxylation sites is 1.